The van der Waals surface area contributed by atoms with Crippen LogP contribution in [0.15, 0.2) is 67.1 Å². The van der Waals surface area contributed by atoms with E-state index in [1.807, 2.05) is 47.0 Å². The molecule has 2 aromatic carbocycles. The van der Waals surface area contributed by atoms with E-state index >= 15 is 0 Å². The van der Waals surface area contributed by atoms with Crippen LogP contribution in [0.3, 0.4) is 0 Å². The highest BCUT2D eigenvalue weighted by atomic mass is 35.5. The van der Waals surface area contributed by atoms with Crippen molar-refractivity contribution in [2.45, 2.75) is 13.0 Å². The molecule has 5 aromatic rings. The molecular weight excluding hydrogens is 480 g/mol. The van der Waals surface area contributed by atoms with Gasteiger partial charge in [-0.2, -0.15) is 4.98 Å². The molecule has 0 fully saturated rings. The van der Waals surface area contributed by atoms with Crippen molar-refractivity contribution >= 4 is 40.4 Å². The standard InChI is InChI=1S/C25H21ClN8O2/c1-14(15-6-4-3-5-7-15)30-25-28-11-10-19(31-25)34-13-29-17-12-16(8-9-18(17)34)20-22(26)33-23(27)21(32-20)24(35)36-2/h3-14H,1-2H3,(H2,27,33)(H,28,30,31). The molecule has 0 saturated heterocycles. The number of rotatable bonds is 6. The number of methoxy groups -OCH3 is 1. The predicted octanol–water partition coefficient (Wildman–Crippen LogP) is 4.47. The number of anilines is 2. The summed E-state index contributed by atoms with van der Waals surface area (Å²) >= 11 is 6.28. The van der Waals surface area contributed by atoms with Gasteiger partial charge in [-0.1, -0.05) is 48.0 Å². The SMILES string of the molecule is COC(=O)c1nc(-c2ccc3c(c2)ncn3-c2ccnc(NC(C)c3ccccc3)n2)c(Cl)nc1N. The number of carbonyl (C=O) groups is 1. The fourth-order valence-electron chi connectivity index (χ4n) is 3.77. The molecule has 1 unspecified atom stereocenters. The number of aromatic nitrogens is 6. The Morgan fingerprint density at radius 3 is 2.67 bits per heavy atom. The lowest BCUT2D eigenvalue weighted by Gasteiger charge is -2.14. The highest BCUT2D eigenvalue weighted by molar-refractivity contribution is 6.32. The number of imidazole rings is 1. The Balaban J connectivity index is 1.47. The molecule has 3 heterocycles. The average Bonchev–Trinajstić information content (AvgIpc) is 3.32. The monoisotopic (exact) mass is 500 g/mol. The van der Waals surface area contributed by atoms with E-state index in [2.05, 4.69) is 37.2 Å². The van der Waals surface area contributed by atoms with Crippen molar-refractivity contribution in [3.8, 4) is 17.1 Å². The maximum absolute atomic E-state index is 12.0. The van der Waals surface area contributed by atoms with Gasteiger partial charge in [0.15, 0.2) is 16.7 Å². The van der Waals surface area contributed by atoms with Gasteiger partial charge in [0.25, 0.3) is 0 Å². The zero-order valence-electron chi connectivity index (χ0n) is 19.4. The van der Waals surface area contributed by atoms with Crippen LogP contribution in [0.2, 0.25) is 5.15 Å². The molecule has 11 heteroatoms. The van der Waals surface area contributed by atoms with Gasteiger partial charge in [-0.05, 0) is 30.7 Å². The van der Waals surface area contributed by atoms with E-state index in [1.165, 1.54) is 7.11 Å². The molecule has 0 spiro atoms. The van der Waals surface area contributed by atoms with E-state index in [-0.39, 0.29) is 22.7 Å². The first-order valence-electron chi connectivity index (χ1n) is 11.0. The van der Waals surface area contributed by atoms with Gasteiger partial charge >= 0.3 is 5.97 Å². The molecule has 0 amide bonds. The van der Waals surface area contributed by atoms with Crippen molar-refractivity contribution in [3.05, 3.63) is 83.5 Å². The number of hydrogen-bond donors (Lipinski definition) is 2. The molecule has 0 bridgehead atoms. The van der Waals surface area contributed by atoms with E-state index in [0.717, 1.165) is 11.1 Å². The molecule has 0 radical (unpaired) electrons. The Morgan fingerprint density at radius 2 is 1.89 bits per heavy atom. The number of carbonyl (C=O) groups excluding carboxylic acids is 1. The van der Waals surface area contributed by atoms with Crippen LogP contribution in [0.5, 0.6) is 0 Å². The Bertz CT molecular complexity index is 1570. The van der Waals surface area contributed by atoms with E-state index in [0.29, 0.717) is 28.5 Å². The van der Waals surface area contributed by atoms with Gasteiger partial charge in [0, 0.05) is 11.8 Å². The summed E-state index contributed by atoms with van der Waals surface area (Å²) < 4.78 is 6.59. The lowest BCUT2D eigenvalue weighted by Crippen LogP contribution is -2.11. The summed E-state index contributed by atoms with van der Waals surface area (Å²) in [6, 6.07) is 17.4. The molecule has 0 aliphatic carbocycles. The van der Waals surface area contributed by atoms with Gasteiger partial charge in [0.2, 0.25) is 5.95 Å². The molecular formula is C25H21ClN8O2. The normalized spacial score (nSPS) is 11.9. The van der Waals surface area contributed by atoms with Crippen molar-refractivity contribution in [1.29, 1.82) is 0 Å². The highest BCUT2D eigenvalue weighted by Gasteiger charge is 2.19. The maximum Gasteiger partial charge on any atom is 0.360 e. The van der Waals surface area contributed by atoms with Crippen LogP contribution in [-0.4, -0.2) is 42.6 Å². The lowest BCUT2D eigenvalue weighted by atomic mass is 10.1. The highest BCUT2D eigenvalue weighted by Crippen LogP contribution is 2.30. The third kappa shape index (κ3) is 4.41. The van der Waals surface area contributed by atoms with Crippen LogP contribution < -0.4 is 11.1 Å². The minimum atomic E-state index is -0.696. The van der Waals surface area contributed by atoms with Crippen LogP contribution in [0, 0.1) is 0 Å². The topological polar surface area (TPSA) is 134 Å². The number of nitrogens with one attached hydrogen (secondary N) is 1. The summed E-state index contributed by atoms with van der Waals surface area (Å²) in [5.74, 6) is 0.358. The second-order valence-corrected chi connectivity index (χ2v) is 8.28. The number of nitrogens with two attached hydrogens (primary N) is 1. The number of nitrogens with zero attached hydrogens (tertiary/aromatic N) is 6. The zero-order chi connectivity index (χ0) is 25.2. The maximum atomic E-state index is 12.0. The summed E-state index contributed by atoms with van der Waals surface area (Å²) in [5, 5.41) is 3.40. The van der Waals surface area contributed by atoms with E-state index in [9.17, 15) is 4.79 Å². The van der Waals surface area contributed by atoms with Crippen LogP contribution in [0.1, 0.15) is 29.0 Å². The first-order valence-corrected chi connectivity index (χ1v) is 11.4. The number of benzene rings is 2. The Labute approximate surface area is 211 Å². The van der Waals surface area contributed by atoms with Crippen molar-refractivity contribution < 1.29 is 9.53 Å². The van der Waals surface area contributed by atoms with E-state index in [4.69, 9.17) is 22.1 Å². The Hall–Kier alpha value is -4.57. The van der Waals surface area contributed by atoms with Crippen molar-refractivity contribution in [3.63, 3.8) is 0 Å². The first-order chi connectivity index (χ1) is 17.4. The van der Waals surface area contributed by atoms with Crippen molar-refractivity contribution in [1.82, 2.24) is 29.5 Å². The summed E-state index contributed by atoms with van der Waals surface area (Å²) in [7, 11) is 1.24. The third-order valence-electron chi connectivity index (χ3n) is 5.61. The second-order valence-electron chi connectivity index (χ2n) is 7.92. The van der Waals surface area contributed by atoms with Crippen LogP contribution in [0.4, 0.5) is 11.8 Å². The molecule has 5 rings (SSSR count). The molecule has 3 aromatic heterocycles. The first kappa shape index (κ1) is 23.2. The molecule has 180 valence electrons. The van der Waals surface area contributed by atoms with E-state index < -0.39 is 5.97 Å². The summed E-state index contributed by atoms with van der Waals surface area (Å²) in [6.45, 7) is 2.05. The van der Waals surface area contributed by atoms with Crippen LogP contribution in [0.25, 0.3) is 28.1 Å². The van der Waals surface area contributed by atoms with Crippen LogP contribution >= 0.6 is 11.6 Å². The Kier molecular flexibility index (Phi) is 6.17. The van der Waals surface area contributed by atoms with Gasteiger partial charge < -0.3 is 15.8 Å². The molecule has 0 aliphatic heterocycles. The number of fused-ring (bicyclic) bond motifs is 1. The number of esters is 1. The lowest BCUT2D eigenvalue weighted by molar-refractivity contribution is 0.0595. The zero-order valence-corrected chi connectivity index (χ0v) is 20.1. The van der Waals surface area contributed by atoms with Crippen LogP contribution in [-0.2, 0) is 4.74 Å². The Morgan fingerprint density at radius 1 is 1.08 bits per heavy atom. The third-order valence-corrected chi connectivity index (χ3v) is 5.88. The van der Waals surface area contributed by atoms with Crippen molar-refractivity contribution in [2.24, 2.45) is 0 Å². The number of ether oxygens (including phenoxy) is 1. The van der Waals surface area contributed by atoms with Crippen molar-refractivity contribution in [2.75, 3.05) is 18.2 Å². The molecule has 0 aliphatic rings. The summed E-state index contributed by atoms with van der Waals surface area (Å²) in [4.78, 5) is 33.9. The fraction of sp³-hybridized carbons (Fsp3) is 0.120. The predicted molar refractivity (Wildman–Crippen MR) is 137 cm³/mol. The number of nitrogen functional groups attached to an aromatic ring is 1. The number of halogens is 1. The summed E-state index contributed by atoms with van der Waals surface area (Å²) in [6.07, 6.45) is 3.37. The minimum Gasteiger partial charge on any atom is -0.464 e. The van der Waals surface area contributed by atoms with Gasteiger partial charge in [-0.15, -0.1) is 0 Å². The van der Waals surface area contributed by atoms with Gasteiger partial charge in [-0.25, -0.2) is 24.7 Å². The molecule has 10 nitrogen and oxygen atoms in total. The smallest absolute Gasteiger partial charge is 0.360 e. The largest absolute Gasteiger partial charge is 0.464 e. The second kappa shape index (κ2) is 9.59. The van der Waals surface area contributed by atoms with Gasteiger partial charge in [0.05, 0.1) is 24.2 Å². The number of hydrogen-bond acceptors (Lipinski definition) is 9. The van der Waals surface area contributed by atoms with E-state index in [1.54, 1.807) is 24.7 Å². The van der Waals surface area contributed by atoms with Gasteiger partial charge in [0.1, 0.15) is 17.8 Å². The fourth-order valence-corrected chi connectivity index (χ4v) is 4.01. The quantitative estimate of drug-likeness (QED) is 0.324. The molecule has 0 saturated carbocycles. The average molecular weight is 501 g/mol. The summed E-state index contributed by atoms with van der Waals surface area (Å²) in [5.41, 5.74) is 9.22. The van der Waals surface area contributed by atoms with Gasteiger partial charge in [-0.3, -0.25) is 4.57 Å². The molecule has 3 N–H and O–H groups in total. The molecule has 1 atom stereocenters. The minimum absolute atomic E-state index is 0.0317. The molecule has 36 heavy (non-hydrogen) atoms.